The summed E-state index contributed by atoms with van der Waals surface area (Å²) in [6.07, 6.45) is -15.8. The molecule has 41 heavy (non-hydrogen) atoms. The van der Waals surface area contributed by atoms with Crippen LogP contribution in [-0.4, -0.2) is 217 Å². The van der Waals surface area contributed by atoms with Gasteiger partial charge in [0.05, 0.1) is 51.8 Å². The van der Waals surface area contributed by atoms with Gasteiger partial charge in [-0.1, -0.05) is 6.92 Å². The predicted octanol–water partition coefficient (Wildman–Crippen LogP) is -9.98. The van der Waals surface area contributed by atoms with Gasteiger partial charge in [0.1, 0.15) is 61.0 Å². The minimum atomic E-state index is -1.51. The van der Waals surface area contributed by atoms with Gasteiger partial charge in [0.25, 0.3) is 0 Å². The van der Waals surface area contributed by atoms with E-state index >= 15 is 0 Å². The van der Waals surface area contributed by atoms with E-state index in [-0.39, 0.29) is 19.4 Å². The summed E-state index contributed by atoms with van der Waals surface area (Å²) >= 11 is 0. The number of aliphatic hydroxyl groups is 19. The average molecular weight is 621 g/mol. The first kappa shape index (κ1) is 47.2. The van der Waals surface area contributed by atoms with E-state index in [0.29, 0.717) is 0 Å². The first-order chi connectivity index (χ1) is 19.0. The minimum Gasteiger partial charge on any atom is -0.396 e. The molecule has 0 saturated heterocycles. The lowest BCUT2D eigenvalue weighted by molar-refractivity contribution is -0.115. The Morgan fingerprint density at radius 1 is 0.317 bits per heavy atom. The molecule has 0 aromatic rings. The molecule has 254 valence electrons. The summed E-state index contributed by atoms with van der Waals surface area (Å²) in [5.74, 6) is 0. The summed E-state index contributed by atoms with van der Waals surface area (Å²) < 4.78 is 0. The summed E-state index contributed by atoms with van der Waals surface area (Å²) in [6, 6.07) is 0. The van der Waals surface area contributed by atoms with Crippen LogP contribution >= 0.6 is 0 Å². The third-order valence-corrected chi connectivity index (χ3v) is 5.12. The van der Waals surface area contributed by atoms with E-state index < -0.39 is 113 Å². The fraction of sp³-hybridized carbons (Fsp3) is 1.00. The Morgan fingerprint density at radius 2 is 0.561 bits per heavy atom. The second-order valence-corrected chi connectivity index (χ2v) is 8.52. The molecule has 0 radical (unpaired) electrons. The monoisotopic (exact) mass is 620 g/mol. The van der Waals surface area contributed by atoms with Gasteiger partial charge in [-0.2, -0.15) is 0 Å². The lowest BCUT2D eigenvalue weighted by Gasteiger charge is -2.24. The molecule has 0 amide bonds. The van der Waals surface area contributed by atoms with Crippen LogP contribution < -0.4 is 0 Å². The molecule has 0 saturated carbocycles. The number of hydrogen-bond donors (Lipinski definition) is 19. The van der Waals surface area contributed by atoms with E-state index in [0.717, 1.165) is 0 Å². The van der Waals surface area contributed by atoms with Crippen molar-refractivity contribution < 1.29 is 97.0 Å². The Hall–Kier alpha value is -0.760. The van der Waals surface area contributed by atoms with E-state index in [2.05, 4.69) is 0 Å². The van der Waals surface area contributed by atoms with Crippen molar-refractivity contribution in [2.24, 2.45) is 0 Å². The van der Waals surface area contributed by atoms with Gasteiger partial charge in [-0.05, 0) is 12.8 Å². The molecule has 0 fully saturated rings. The molecule has 19 N–H and O–H groups in total. The molecule has 0 aliphatic rings. The van der Waals surface area contributed by atoms with Crippen LogP contribution in [0.2, 0.25) is 0 Å². The molecular weight excluding hydrogens is 568 g/mol. The first-order valence-electron chi connectivity index (χ1n) is 12.5. The maximum Gasteiger partial charge on any atom is 0.110 e. The number of rotatable bonds is 17. The van der Waals surface area contributed by atoms with Crippen molar-refractivity contribution in [3.8, 4) is 0 Å². The maximum absolute atomic E-state index is 9.12. The Bertz CT molecular complexity index is 503. The largest absolute Gasteiger partial charge is 0.396 e. The fourth-order valence-electron chi connectivity index (χ4n) is 2.19. The zero-order chi connectivity index (χ0) is 33.3. The van der Waals surface area contributed by atoms with E-state index in [1.807, 2.05) is 0 Å². The quantitative estimate of drug-likeness (QED) is 0.0717. The van der Waals surface area contributed by atoms with Crippen LogP contribution in [0.25, 0.3) is 0 Å². The fourth-order valence-corrected chi connectivity index (χ4v) is 2.19. The Morgan fingerprint density at radius 3 is 0.805 bits per heavy atom. The van der Waals surface area contributed by atoms with Crippen LogP contribution in [0.5, 0.6) is 0 Å². The van der Waals surface area contributed by atoms with Crippen LogP contribution in [0.3, 0.4) is 0 Å². The maximum atomic E-state index is 9.12. The summed E-state index contributed by atoms with van der Waals surface area (Å²) in [6.45, 7) is -2.22. The highest BCUT2D eigenvalue weighted by molar-refractivity contribution is 4.79. The zero-order valence-corrected chi connectivity index (χ0v) is 22.8. The normalized spacial score (nSPS) is 19.9. The molecule has 0 rings (SSSR count). The molecule has 0 aromatic carbocycles. The summed E-state index contributed by atoms with van der Waals surface area (Å²) in [5, 5.41) is 164. The summed E-state index contributed by atoms with van der Waals surface area (Å²) in [5.41, 5.74) is 0. The molecule has 19 nitrogen and oxygen atoms in total. The summed E-state index contributed by atoms with van der Waals surface area (Å²) in [7, 11) is 0. The van der Waals surface area contributed by atoms with Crippen molar-refractivity contribution >= 4 is 0 Å². The third kappa shape index (κ3) is 23.4. The third-order valence-electron chi connectivity index (χ3n) is 5.12. The van der Waals surface area contributed by atoms with E-state index in [1.165, 1.54) is 0 Å². The first-order valence-corrected chi connectivity index (χ1v) is 12.5. The lowest BCUT2D eigenvalue weighted by atomic mass is 10.0. The summed E-state index contributed by atoms with van der Waals surface area (Å²) in [4.78, 5) is 0. The number of aliphatic hydroxyl groups excluding tert-OH is 19. The van der Waals surface area contributed by atoms with Gasteiger partial charge < -0.3 is 97.0 Å². The van der Waals surface area contributed by atoms with Crippen molar-refractivity contribution in [3.05, 3.63) is 0 Å². The van der Waals surface area contributed by atoms with Crippen molar-refractivity contribution in [2.75, 3.05) is 46.2 Å². The van der Waals surface area contributed by atoms with Crippen LogP contribution in [0.1, 0.15) is 19.8 Å². The van der Waals surface area contributed by atoms with E-state index in [9.17, 15) is 0 Å². The van der Waals surface area contributed by atoms with Gasteiger partial charge in [0.15, 0.2) is 0 Å². The van der Waals surface area contributed by atoms with Gasteiger partial charge in [-0.3, -0.25) is 0 Å². The average Bonchev–Trinajstić information content (AvgIpc) is 3.01. The standard InChI is InChI=1S/C7H16O5.C6H14O5.C5H12O5.C4H10O4/c1-2-4(9)6(11)7(12)5(10)3-8;7-2-1-4(9)6(11)5(10)3-8;6-1-3(8)5(10)4(9)2-7;5-1-3(7)4(8)2-6/h4-12H,2-3H2,1H3;4-11H,1-3H2;3-10H,1-2H2;3-8H,1-2H2/t4-,5-,6-,7-;4-,5-,6+;3-,4+,5?;3-,4+/m11../s1. The molecule has 0 heterocycles. The van der Waals surface area contributed by atoms with Gasteiger partial charge >= 0.3 is 0 Å². The highest BCUT2D eigenvalue weighted by Crippen LogP contribution is 2.07. The van der Waals surface area contributed by atoms with Crippen molar-refractivity contribution in [2.45, 2.75) is 93.0 Å². The van der Waals surface area contributed by atoms with Gasteiger partial charge in [-0.15, -0.1) is 0 Å². The molecule has 0 aromatic heterocycles. The van der Waals surface area contributed by atoms with Gasteiger partial charge in [-0.25, -0.2) is 0 Å². The number of hydrogen-bond acceptors (Lipinski definition) is 19. The molecule has 1 unspecified atom stereocenters. The topological polar surface area (TPSA) is 384 Å². The highest BCUT2D eigenvalue weighted by atomic mass is 16.4. The molecule has 0 bridgehead atoms. The molecule has 12 atom stereocenters. The smallest absolute Gasteiger partial charge is 0.110 e. The molecule has 19 heteroatoms. The molecular formula is C22H52O19. The highest BCUT2D eigenvalue weighted by Gasteiger charge is 2.28. The molecule has 0 aliphatic heterocycles. The Balaban J connectivity index is -0.000000225. The van der Waals surface area contributed by atoms with Crippen LogP contribution in [0.15, 0.2) is 0 Å². The van der Waals surface area contributed by atoms with Gasteiger partial charge in [0, 0.05) is 6.61 Å². The van der Waals surface area contributed by atoms with Crippen molar-refractivity contribution in [1.29, 1.82) is 0 Å². The van der Waals surface area contributed by atoms with Crippen LogP contribution in [0, 0.1) is 0 Å². The Labute approximate surface area is 237 Å². The second kappa shape index (κ2) is 29.3. The van der Waals surface area contributed by atoms with Crippen LogP contribution in [-0.2, 0) is 0 Å². The van der Waals surface area contributed by atoms with E-state index in [4.69, 9.17) is 97.0 Å². The lowest BCUT2D eigenvalue weighted by Crippen LogP contribution is -2.45. The Kier molecular flexibility index (Phi) is 33.7. The zero-order valence-electron chi connectivity index (χ0n) is 22.8. The van der Waals surface area contributed by atoms with Gasteiger partial charge in [0.2, 0.25) is 0 Å². The minimum absolute atomic E-state index is 0.0156. The van der Waals surface area contributed by atoms with E-state index in [1.54, 1.807) is 6.92 Å². The van der Waals surface area contributed by atoms with Crippen molar-refractivity contribution in [1.82, 2.24) is 0 Å². The predicted molar refractivity (Wildman–Crippen MR) is 137 cm³/mol. The van der Waals surface area contributed by atoms with Crippen LogP contribution in [0.4, 0.5) is 0 Å². The second-order valence-electron chi connectivity index (χ2n) is 8.52. The molecule has 0 aliphatic carbocycles. The SMILES string of the molecule is CC[C@@H](O)[C@@H](O)[C@H](O)[C@H](O)CO.OCC[C@@H](O)[C@H](O)[C@H](O)CO.OC[C@@H](O)C(O)[C@@H](O)CO.OC[C@@H](O)[C@@H](O)CO. The van der Waals surface area contributed by atoms with Crippen molar-refractivity contribution in [3.63, 3.8) is 0 Å². The molecule has 0 spiro atoms.